The van der Waals surface area contributed by atoms with Crippen LogP contribution in [0.15, 0.2) is 36.4 Å². The van der Waals surface area contributed by atoms with Crippen molar-refractivity contribution in [3.63, 3.8) is 0 Å². The number of hydrogen-bond acceptors (Lipinski definition) is 2. The Labute approximate surface area is 120 Å². The lowest BCUT2D eigenvalue weighted by Crippen LogP contribution is -2.28. The molecule has 2 aromatic rings. The van der Waals surface area contributed by atoms with Crippen LogP contribution >= 0.6 is 15.9 Å². The van der Waals surface area contributed by atoms with Crippen LogP contribution in [0.3, 0.4) is 0 Å². The van der Waals surface area contributed by atoms with Gasteiger partial charge in [0.1, 0.15) is 5.69 Å². The van der Waals surface area contributed by atoms with E-state index in [0.29, 0.717) is 12.2 Å². The quantitative estimate of drug-likeness (QED) is 0.880. The molecule has 100 valence electrons. The molecule has 1 heterocycles. The summed E-state index contributed by atoms with van der Waals surface area (Å²) in [4.78, 5) is 12.1. The molecule has 0 fully saturated rings. The highest BCUT2D eigenvalue weighted by Crippen LogP contribution is 2.21. The zero-order valence-corrected chi connectivity index (χ0v) is 12.5. The predicted octanol–water partition coefficient (Wildman–Crippen LogP) is 2.59. The number of nitrogens with zero attached hydrogens (tertiary/aromatic N) is 2. The predicted molar refractivity (Wildman–Crippen MR) is 78.4 cm³/mol. The molecule has 1 N–H and O–H groups in total. The van der Waals surface area contributed by atoms with Gasteiger partial charge in [0.05, 0.1) is 10.5 Å². The zero-order valence-electron chi connectivity index (χ0n) is 10.9. The average Bonchev–Trinajstić information content (AvgIpc) is 2.75. The number of rotatable bonds is 4. The molecular formula is C14H16BrN3O. The van der Waals surface area contributed by atoms with Crippen molar-refractivity contribution in [2.75, 3.05) is 6.54 Å². The highest BCUT2D eigenvalue weighted by Gasteiger charge is 2.13. The van der Waals surface area contributed by atoms with Gasteiger partial charge in [-0.1, -0.05) is 46.3 Å². The van der Waals surface area contributed by atoms with Crippen LogP contribution in [-0.4, -0.2) is 22.2 Å². The molecule has 19 heavy (non-hydrogen) atoms. The lowest BCUT2D eigenvalue weighted by molar-refractivity contribution is 0.0944. The molecule has 0 spiro atoms. The number of carbonyl (C=O) groups excluding carboxylic acids is 1. The molecule has 1 atom stereocenters. The van der Waals surface area contributed by atoms with Gasteiger partial charge in [0.2, 0.25) is 0 Å². The lowest BCUT2D eigenvalue weighted by Gasteiger charge is -2.11. The molecule has 0 saturated heterocycles. The van der Waals surface area contributed by atoms with E-state index in [1.165, 1.54) is 0 Å². The Bertz CT molecular complexity index is 565. The van der Waals surface area contributed by atoms with E-state index in [1.54, 1.807) is 17.8 Å². The van der Waals surface area contributed by atoms with Gasteiger partial charge in [-0.15, -0.1) is 0 Å². The van der Waals surface area contributed by atoms with E-state index in [4.69, 9.17) is 0 Å². The van der Waals surface area contributed by atoms with Gasteiger partial charge >= 0.3 is 0 Å². The van der Waals surface area contributed by atoms with Crippen molar-refractivity contribution in [2.24, 2.45) is 7.05 Å². The first-order valence-corrected chi connectivity index (χ1v) is 6.97. The summed E-state index contributed by atoms with van der Waals surface area (Å²) in [6.45, 7) is 2.40. The summed E-state index contributed by atoms with van der Waals surface area (Å²) >= 11 is 3.57. The molecular weight excluding hydrogens is 306 g/mol. The monoisotopic (exact) mass is 321 g/mol. The fraction of sp³-hybridized carbons (Fsp3) is 0.286. The molecule has 0 radical (unpaired) electrons. The maximum absolute atomic E-state index is 12.0. The average molecular weight is 322 g/mol. The Kier molecular flexibility index (Phi) is 4.37. The summed E-state index contributed by atoms with van der Waals surface area (Å²) in [5.41, 5.74) is 2.56. The maximum Gasteiger partial charge on any atom is 0.269 e. The first-order valence-electron chi connectivity index (χ1n) is 6.06. The van der Waals surface area contributed by atoms with Crippen LogP contribution in [0, 0.1) is 6.92 Å². The highest BCUT2D eigenvalue weighted by atomic mass is 79.9. The second-order valence-electron chi connectivity index (χ2n) is 4.38. The number of benzene rings is 1. The fourth-order valence-electron chi connectivity index (χ4n) is 1.88. The van der Waals surface area contributed by atoms with Gasteiger partial charge in [-0.25, -0.2) is 0 Å². The minimum absolute atomic E-state index is 0.104. The van der Waals surface area contributed by atoms with Crippen molar-refractivity contribution in [1.29, 1.82) is 0 Å². The van der Waals surface area contributed by atoms with Crippen LogP contribution in [0.4, 0.5) is 0 Å². The van der Waals surface area contributed by atoms with Crippen molar-refractivity contribution in [1.82, 2.24) is 15.1 Å². The van der Waals surface area contributed by atoms with Crippen molar-refractivity contribution in [3.8, 4) is 0 Å². The third-order valence-electron chi connectivity index (χ3n) is 2.84. The minimum Gasteiger partial charge on any atom is -0.349 e. The molecule has 1 aromatic carbocycles. The van der Waals surface area contributed by atoms with Gasteiger partial charge in [-0.05, 0) is 18.6 Å². The molecule has 0 aliphatic rings. The highest BCUT2D eigenvalue weighted by molar-refractivity contribution is 9.09. The van der Waals surface area contributed by atoms with Crippen LogP contribution in [0.1, 0.15) is 26.6 Å². The van der Waals surface area contributed by atoms with Gasteiger partial charge in [0.25, 0.3) is 5.91 Å². The van der Waals surface area contributed by atoms with Crippen molar-refractivity contribution in [3.05, 3.63) is 53.3 Å². The normalized spacial score (nSPS) is 12.2. The van der Waals surface area contributed by atoms with E-state index in [0.717, 1.165) is 11.3 Å². The maximum atomic E-state index is 12.0. The minimum atomic E-state index is -0.108. The SMILES string of the molecule is Cc1cc(C(=O)NCC(Br)c2ccccc2)n(C)n1. The molecule has 0 aliphatic heterocycles. The van der Waals surface area contributed by atoms with Gasteiger partial charge in [-0.3, -0.25) is 9.48 Å². The number of hydrogen-bond donors (Lipinski definition) is 1. The Hall–Kier alpha value is -1.62. The van der Waals surface area contributed by atoms with Gasteiger partial charge in [0, 0.05) is 13.6 Å². The van der Waals surface area contributed by atoms with E-state index in [9.17, 15) is 4.79 Å². The lowest BCUT2D eigenvalue weighted by atomic mass is 10.1. The first-order chi connectivity index (χ1) is 9.08. The van der Waals surface area contributed by atoms with Crippen LogP contribution in [0.5, 0.6) is 0 Å². The van der Waals surface area contributed by atoms with Crippen molar-refractivity contribution >= 4 is 21.8 Å². The number of carbonyl (C=O) groups is 1. The van der Waals surface area contributed by atoms with E-state index in [-0.39, 0.29) is 10.7 Å². The Balaban J connectivity index is 1.96. The smallest absolute Gasteiger partial charge is 0.269 e. The summed E-state index contributed by atoms with van der Waals surface area (Å²) in [5, 5.41) is 7.07. The van der Waals surface area contributed by atoms with E-state index in [2.05, 4.69) is 26.3 Å². The first kappa shape index (κ1) is 13.8. The molecule has 0 saturated carbocycles. The number of nitrogens with one attached hydrogen (secondary N) is 1. The molecule has 0 aliphatic carbocycles. The van der Waals surface area contributed by atoms with Gasteiger partial charge < -0.3 is 5.32 Å². The van der Waals surface area contributed by atoms with Crippen molar-refractivity contribution < 1.29 is 4.79 Å². The summed E-state index contributed by atoms with van der Waals surface area (Å²) in [6.07, 6.45) is 0. The topological polar surface area (TPSA) is 46.9 Å². The number of halogens is 1. The molecule has 4 nitrogen and oxygen atoms in total. The molecule has 0 bridgehead atoms. The Morgan fingerprint density at radius 2 is 2.11 bits per heavy atom. The Morgan fingerprint density at radius 3 is 2.68 bits per heavy atom. The number of alkyl halides is 1. The second kappa shape index (κ2) is 6.02. The largest absolute Gasteiger partial charge is 0.349 e. The number of aryl methyl sites for hydroxylation is 2. The summed E-state index contributed by atoms with van der Waals surface area (Å²) in [6, 6.07) is 11.8. The molecule has 5 heteroatoms. The summed E-state index contributed by atoms with van der Waals surface area (Å²) in [7, 11) is 1.77. The van der Waals surface area contributed by atoms with Crippen LogP contribution < -0.4 is 5.32 Å². The zero-order chi connectivity index (χ0) is 13.8. The Morgan fingerprint density at radius 1 is 1.42 bits per heavy atom. The van der Waals surface area contributed by atoms with Crippen LogP contribution in [0.25, 0.3) is 0 Å². The third kappa shape index (κ3) is 3.44. The summed E-state index contributed by atoms with van der Waals surface area (Å²) in [5.74, 6) is -0.108. The van der Waals surface area contributed by atoms with Crippen molar-refractivity contribution in [2.45, 2.75) is 11.8 Å². The third-order valence-corrected chi connectivity index (χ3v) is 3.69. The molecule has 1 amide bonds. The molecule has 2 rings (SSSR count). The number of amides is 1. The molecule has 1 aromatic heterocycles. The second-order valence-corrected chi connectivity index (χ2v) is 5.49. The van der Waals surface area contributed by atoms with Gasteiger partial charge in [0.15, 0.2) is 0 Å². The van der Waals surface area contributed by atoms with E-state index in [1.807, 2.05) is 37.3 Å². The standard InChI is InChI=1S/C14H16BrN3O/c1-10-8-13(18(2)17-10)14(19)16-9-12(15)11-6-4-3-5-7-11/h3-8,12H,9H2,1-2H3,(H,16,19). The van der Waals surface area contributed by atoms with Crippen LogP contribution in [0.2, 0.25) is 0 Å². The number of aromatic nitrogens is 2. The van der Waals surface area contributed by atoms with E-state index < -0.39 is 0 Å². The fourth-order valence-corrected chi connectivity index (χ4v) is 2.34. The molecule has 1 unspecified atom stereocenters. The van der Waals surface area contributed by atoms with Gasteiger partial charge in [-0.2, -0.15) is 5.10 Å². The van der Waals surface area contributed by atoms with Crippen LogP contribution in [-0.2, 0) is 7.05 Å². The summed E-state index contributed by atoms with van der Waals surface area (Å²) < 4.78 is 1.59. The van der Waals surface area contributed by atoms with E-state index >= 15 is 0 Å².